The number of benzene rings is 1. The van der Waals surface area contributed by atoms with Crippen molar-refractivity contribution >= 4 is 17.3 Å². The fourth-order valence-corrected chi connectivity index (χ4v) is 1.94. The standard InChI is InChI=1S/C12H19N5O/c1-16-4-6-17(7-5-16)15-9-2-3-11(13)10(8-9)12(14)18/h2-3,8,15H,4-7,13H2,1H3,(H2,14,18). The lowest BCUT2D eigenvalue weighted by Crippen LogP contribution is -2.46. The molecule has 1 fully saturated rings. The molecular weight excluding hydrogens is 230 g/mol. The van der Waals surface area contributed by atoms with Gasteiger partial charge in [-0.2, -0.15) is 0 Å². The number of carbonyl (C=O) groups is 1. The average molecular weight is 249 g/mol. The summed E-state index contributed by atoms with van der Waals surface area (Å²) in [6.45, 7) is 3.91. The van der Waals surface area contributed by atoms with Crippen molar-refractivity contribution in [2.75, 3.05) is 44.4 Å². The molecule has 0 radical (unpaired) electrons. The summed E-state index contributed by atoms with van der Waals surface area (Å²) in [5.74, 6) is -0.505. The molecule has 98 valence electrons. The molecule has 1 saturated heterocycles. The number of nitrogen functional groups attached to an aromatic ring is 1. The molecule has 18 heavy (non-hydrogen) atoms. The number of nitrogens with zero attached hydrogens (tertiary/aromatic N) is 2. The molecule has 0 unspecified atom stereocenters. The summed E-state index contributed by atoms with van der Waals surface area (Å²) in [5, 5.41) is 2.12. The number of amides is 1. The molecule has 6 heteroatoms. The predicted octanol–water partition coefficient (Wildman–Crippen LogP) is -0.0580. The van der Waals surface area contributed by atoms with E-state index >= 15 is 0 Å². The van der Waals surface area contributed by atoms with Crippen LogP contribution in [-0.4, -0.2) is 49.0 Å². The van der Waals surface area contributed by atoms with E-state index in [0.717, 1.165) is 31.9 Å². The molecule has 1 heterocycles. The number of anilines is 2. The van der Waals surface area contributed by atoms with Crippen LogP contribution in [0.1, 0.15) is 10.4 Å². The van der Waals surface area contributed by atoms with Gasteiger partial charge in [0.2, 0.25) is 0 Å². The monoisotopic (exact) mass is 249 g/mol. The Labute approximate surface area is 106 Å². The molecule has 0 saturated carbocycles. The van der Waals surface area contributed by atoms with Crippen molar-refractivity contribution in [3.63, 3.8) is 0 Å². The van der Waals surface area contributed by atoms with Gasteiger partial charge < -0.3 is 21.8 Å². The zero-order chi connectivity index (χ0) is 13.1. The fraction of sp³-hybridized carbons (Fsp3) is 0.417. The first-order valence-corrected chi connectivity index (χ1v) is 5.96. The Morgan fingerprint density at radius 1 is 1.28 bits per heavy atom. The number of rotatable bonds is 3. The number of hydrogen-bond donors (Lipinski definition) is 3. The maximum absolute atomic E-state index is 11.2. The number of piperazine rings is 1. The molecule has 0 aromatic heterocycles. The second-order valence-corrected chi connectivity index (χ2v) is 4.57. The second-order valence-electron chi connectivity index (χ2n) is 4.57. The lowest BCUT2D eigenvalue weighted by molar-refractivity contribution is 0.100. The van der Waals surface area contributed by atoms with Gasteiger partial charge in [-0.25, -0.2) is 5.01 Å². The minimum Gasteiger partial charge on any atom is -0.398 e. The molecular formula is C12H19N5O. The van der Waals surface area contributed by atoms with Crippen LogP contribution in [0.2, 0.25) is 0 Å². The van der Waals surface area contributed by atoms with Crippen molar-refractivity contribution in [1.82, 2.24) is 9.91 Å². The van der Waals surface area contributed by atoms with Crippen molar-refractivity contribution in [2.24, 2.45) is 5.73 Å². The highest BCUT2D eigenvalue weighted by molar-refractivity contribution is 5.98. The SMILES string of the molecule is CN1CCN(Nc2ccc(N)c(C(N)=O)c2)CC1. The molecule has 2 rings (SSSR count). The molecule has 1 aliphatic rings. The number of carbonyl (C=O) groups excluding carboxylic acids is 1. The van der Waals surface area contributed by atoms with Crippen molar-refractivity contribution in [3.8, 4) is 0 Å². The normalized spacial score (nSPS) is 17.6. The van der Waals surface area contributed by atoms with Gasteiger partial charge in [0.1, 0.15) is 0 Å². The molecule has 1 amide bonds. The van der Waals surface area contributed by atoms with Gasteiger partial charge in [-0.15, -0.1) is 0 Å². The van der Waals surface area contributed by atoms with Crippen LogP contribution in [0.15, 0.2) is 18.2 Å². The van der Waals surface area contributed by atoms with Crippen molar-refractivity contribution < 1.29 is 4.79 Å². The maximum Gasteiger partial charge on any atom is 0.250 e. The van der Waals surface area contributed by atoms with E-state index < -0.39 is 5.91 Å². The van der Waals surface area contributed by atoms with Gasteiger partial charge in [0.05, 0.1) is 5.56 Å². The van der Waals surface area contributed by atoms with Gasteiger partial charge in [-0.05, 0) is 25.2 Å². The molecule has 0 aliphatic carbocycles. The lowest BCUT2D eigenvalue weighted by Gasteiger charge is -2.33. The number of nitrogens with one attached hydrogen (secondary N) is 1. The highest BCUT2D eigenvalue weighted by Crippen LogP contribution is 2.18. The van der Waals surface area contributed by atoms with Gasteiger partial charge >= 0.3 is 0 Å². The largest absolute Gasteiger partial charge is 0.398 e. The first-order chi connectivity index (χ1) is 8.56. The van der Waals surface area contributed by atoms with Crippen LogP contribution in [0, 0.1) is 0 Å². The summed E-state index contributed by atoms with van der Waals surface area (Å²) in [6, 6.07) is 5.23. The molecule has 0 atom stereocenters. The van der Waals surface area contributed by atoms with Crippen LogP contribution in [0.4, 0.5) is 11.4 Å². The van der Waals surface area contributed by atoms with Crippen molar-refractivity contribution in [3.05, 3.63) is 23.8 Å². The number of hydrazine groups is 1. The van der Waals surface area contributed by atoms with Crippen molar-refractivity contribution in [1.29, 1.82) is 0 Å². The third-order valence-electron chi connectivity index (χ3n) is 3.11. The summed E-state index contributed by atoms with van der Waals surface area (Å²) >= 11 is 0. The van der Waals surface area contributed by atoms with E-state index in [4.69, 9.17) is 11.5 Å². The van der Waals surface area contributed by atoms with E-state index in [1.165, 1.54) is 0 Å². The van der Waals surface area contributed by atoms with E-state index in [2.05, 4.69) is 22.4 Å². The van der Waals surface area contributed by atoms with E-state index in [0.29, 0.717) is 11.3 Å². The van der Waals surface area contributed by atoms with Crippen LogP contribution in [0.25, 0.3) is 0 Å². The van der Waals surface area contributed by atoms with Gasteiger partial charge in [0.15, 0.2) is 0 Å². The van der Waals surface area contributed by atoms with E-state index in [-0.39, 0.29) is 0 Å². The number of primary amides is 1. The summed E-state index contributed by atoms with van der Waals surface area (Å²) in [4.78, 5) is 13.5. The zero-order valence-electron chi connectivity index (χ0n) is 10.5. The Hall–Kier alpha value is -1.79. The Morgan fingerprint density at radius 3 is 2.56 bits per heavy atom. The van der Waals surface area contributed by atoms with Crippen molar-refractivity contribution in [2.45, 2.75) is 0 Å². The molecule has 0 spiro atoms. The Bertz CT molecular complexity index is 440. The highest BCUT2D eigenvalue weighted by atomic mass is 16.1. The van der Waals surface area contributed by atoms with Crippen LogP contribution >= 0.6 is 0 Å². The summed E-state index contributed by atoms with van der Waals surface area (Å²) in [7, 11) is 2.10. The van der Waals surface area contributed by atoms with Gasteiger partial charge in [-0.1, -0.05) is 0 Å². The lowest BCUT2D eigenvalue weighted by atomic mass is 10.1. The topological polar surface area (TPSA) is 87.6 Å². The Morgan fingerprint density at radius 2 is 1.94 bits per heavy atom. The molecule has 0 bridgehead atoms. The number of nitrogens with two attached hydrogens (primary N) is 2. The fourth-order valence-electron chi connectivity index (χ4n) is 1.94. The van der Waals surface area contributed by atoms with Gasteiger partial charge in [-0.3, -0.25) is 4.79 Å². The zero-order valence-corrected chi connectivity index (χ0v) is 10.5. The van der Waals surface area contributed by atoms with E-state index in [1.807, 2.05) is 6.07 Å². The minimum atomic E-state index is -0.505. The summed E-state index contributed by atoms with van der Waals surface area (Å²) in [5.41, 5.74) is 15.8. The first kappa shape index (κ1) is 12.7. The Balaban J connectivity index is 2.05. The Kier molecular flexibility index (Phi) is 3.69. The highest BCUT2D eigenvalue weighted by Gasteiger charge is 2.14. The number of likely N-dealkylation sites (N-methyl/N-ethyl adjacent to an activating group) is 1. The second kappa shape index (κ2) is 5.24. The molecule has 1 aromatic rings. The predicted molar refractivity (Wildman–Crippen MR) is 72.1 cm³/mol. The maximum atomic E-state index is 11.2. The average Bonchev–Trinajstić information content (AvgIpc) is 2.34. The summed E-state index contributed by atoms with van der Waals surface area (Å²) in [6.07, 6.45) is 0. The third kappa shape index (κ3) is 2.91. The van der Waals surface area contributed by atoms with E-state index in [1.54, 1.807) is 12.1 Å². The van der Waals surface area contributed by atoms with E-state index in [9.17, 15) is 4.79 Å². The molecule has 5 N–H and O–H groups in total. The van der Waals surface area contributed by atoms with Crippen LogP contribution < -0.4 is 16.9 Å². The molecule has 1 aromatic carbocycles. The molecule has 1 aliphatic heterocycles. The smallest absolute Gasteiger partial charge is 0.250 e. The van der Waals surface area contributed by atoms with Crippen LogP contribution in [-0.2, 0) is 0 Å². The minimum absolute atomic E-state index is 0.356. The van der Waals surface area contributed by atoms with Gasteiger partial charge in [0, 0.05) is 37.6 Å². The quantitative estimate of drug-likeness (QED) is 0.653. The number of hydrogen-bond acceptors (Lipinski definition) is 5. The molecule has 6 nitrogen and oxygen atoms in total. The van der Waals surface area contributed by atoms with Crippen LogP contribution in [0.3, 0.4) is 0 Å². The van der Waals surface area contributed by atoms with Crippen LogP contribution in [0.5, 0.6) is 0 Å². The first-order valence-electron chi connectivity index (χ1n) is 5.96. The van der Waals surface area contributed by atoms with Gasteiger partial charge in [0.25, 0.3) is 5.91 Å². The third-order valence-corrected chi connectivity index (χ3v) is 3.11. The summed E-state index contributed by atoms with van der Waals surface area (Å²) < 4.78 is 0.